The van der Waals surface area contributed by atoms with Gasteiger partial charge in [0, 0.05) is 12.6 Å². The van der Waals surface area contributed by atoms with E-state index >= 15 is 0 Å². The van der Waals surface area contributed by atoms with Crippen molar-refractivity contribution in [3.8, 4) is 0 Å². The lowest BCUT2D eigenvalue weighted by atomic mass is 9.96. The highest BCUT2D eigenvalue weighted by Gasteiger charge is 2.36. The molecule has 1 aliphatic heterocycles. The van der Waals surface area contributed by atoms with Crippen LogP contribution in [0, 0.1) is 0 Å². The first-order valence-corrected chi connectivity index (χ1v) is 11.4. The van der Waals surface area contributed by atoms with E-state index in [-0.39, 0.29) is 38.2 Å². The minimum absolute atomic E-state index is 0.0341. The molecule has 1 fully saturated rings. The van der Waals surface area contributed by atoms with Crippen molar-refractivity contribution in [2.24, 2.45) is 0 Å². The lowest BCUT2D eigenvalue weighted by molar-refractivity contribution is -0.148. The Morgan fingerprint density at radius 3 is 2.29 bits per heavy atom. The van der Waals surface area contributed by atoms with Crippen molar-refractivity contribution in [3.63, 3.8) is 0 Å². The van der Waals surface area contributed by atoms with Crippen LogP contribution < -0.4 is 10.6 Å². The first-order chi connectivity index (χ1) is 16.2. The Morgan fingerprint density at radius 1 is 1.06 bits per heavy atom. The molecule has 34 heavy (non-hydrogen) atoms. The van der Waals surface area contributed by atoms with E-state index < -0.39 is 23.7 Å². The van der Waals surface area contributed by atoms with E-state index in [1.807, 2.05) is 60.7 Å². The van der Waals surface area contributed by atoms with Crippen molar-refractivity contribution in [1.29, 1.82) is 0 Å². The normalized spacial score (nSPS) is 17.4. The lowest BCUT2D eigenvalue weighted by Crippen LogP contribution is -2.63. The summed E-state index contributed by atoms with van der Waals surface area (Å²) in [7, 11) is 0. The number of esters is 1. The molecule has 2 aromatic carbocycles. The smallest absolute Gasteiger partial charge is 0.407 e. The Kier molecular flexibility index (Phi) is 8.65. The highest BCUT2D eigenvalue weighted by Crippen LogP contribution is 2.16. The summed E-state index contributed by atoms with van der Waals surface area (Å²) in [5, 5.41) is 5.82. The molecule has 3 rings (SSSR count). The molecule has 182 valence electrons. The van der Waals surface area contributed by atoms with Gasteiger partial charge in [0.05, 0.1) is 19.1 Å². The molecule has 0 bridgehead atoms. The van der Waals surface area contributed by atoms with Crippen LogP contribution in [0.2, 0.25) is 0 Å². The number of hydrogen-bond donors (Lipinski definition) is 2. The van der Waals surface area contributed by atoms with Gasteiger partial charge in [-0.2, -0.15) is 0 Å². The standard InChI is InChI=1S/C26H33N3O5/c1-26(2,3)34-25(32)28-21(14-19-10-6-4-7-11-19)22-15-27-23(30)16-29(22)17-24(31)33-18-20-12-8-5-9-13-20/h4-13,21-22H,14-18H2,1-3H3,(H,27,30)(H,28,32)/t21-,22?/m0/s1. The number of nitrogens with zero attached hydrogens (tertiary/aromatic N) is 1. The predicted molar refractivity (Wildman–Crippen MR) is 128 cm³/mol. The van der Waals surface area contributed by atoms with Crippen molar-refractivity contribution in [1.82, 2.24) is 15.5 Å². The topological polar surface area (TPSA) is 97.0 Å². The number of carbonyl (C=O) groups excluding carboxylic acids is 3. The molecule has 0 saturated carbocycles. The number of rotatable bonds is 8. The first-order valence-electron chi connectivity index (χ1n) is 11.4. The lowest BCUT2D eigenvalue weighted by Gasteiger charge is -2.40. The summed E-state index contributed by atoms with van der Waals surface area (Å²) in [5.74, 6) is -0.609. The summed E-state index contributed by atoms with van der Waals surface area (Å²) in [6.45, 7) is 5.82. The van der Waals surface area contributed by atoms with E-state index in [0.29, 0.717) is 6.42 Å². The van der Waals surface area contributed by atoms with E-state index in [1.165, 1.54) is 0 Å². The molecule has 8 nitrogen and oxygen atoms in total. The van der Waals surface area contributed by atoms with Gasteiger partial charge in [-0.25, -0.2) is 4.79 Å². The predicted octanol–water partition coefficient (Wildman–Crippen LogP) is 2.67. The Balaban J connectivity index is 1.73. The van der Waals surface area contributed by atoms with Crippen LogP contribution in [-0.2, 0) is 32.1 Å². The van der Waals surface area contributed by atoms with Gasteiger partial charge in [-0.05, 0) is 38.3 Å². The number of hydrogen-bond acceptors (Lipinski definition) is 6. The van der Waals surface area contributed by atoms with Gasteiger partial charge >= 0.3 is 12.1 Å². The average molecular weight is 468 g/mol. The average Bonchev–Trinajstić information content (AvgIpc) is 2.77. The summed E-state index contributed by atoms with van der Waals surface area (Å²) in [6.07, 6.45) is -0.0344. The SMILES string of the molecule is CC(C)(C)OC(=O)N[C@@H](Cc1ccccc1)C1CNC(=O)CN1CC(=O)OCc1ccccc1. The Labute approximate surface area is 200 Å². The van der Waals surface area contributed by atoms with Crippen LogP contribution in [0.5, 0.6) is 0 Å². The Hall–Kier alpha value is -3.39. The summed E-state index contributed by atoms with van der Waals surface area (Å²) >= 11 is 0. The Bertz CT molecular complexity index is 959. The zero-order chi connectivity index (χ0) is 24.6. The Morgan fingerprint density at radius 2 is 1.68 bits per heavy atom. The molecule has 1 saturated heterocycles. The third-order valence-corrected chi connectivity index (χ3v) is 5.36. The maximum Gasteiger partial charge on any atom is 0.407 e. The molecule has 1 heterocycles. The number of alkyl carbamates (subject to hydrolysis) is 1. The third-order valence-electron chi connectivity index (χ3n) is 5.36. The molecule has 2 atom stereocenters. The van der Waals surface area contributed by atoms with Crippen LogP contribution >= 0.6 is 0 Å². The minimum Gasteiger partial charge on any atom is -0.460 e. The third kappa shape index (κ3) is 8.19. The maximum atomic E-state index is 12.6. The van der Waals surface area contributed by atoms with Gasteiger partial charge in [0.1, 0.15) is 12.2 Å². The quantitative estimate of drug-likeness (QED) is 0.580. The van der Waals surface area contributed by atoms with Gasteiger partial charge in [-0.15, -0.1) is 0 Å². The molecule has 2 N–H and O–H groups in total. The molecule has 0 aliphatic carbocycles. The van der Waals surface area contributed by atoms with Crippen molar-refractivity contribution in [2.75, 3.05) is 19.6 Å². The zero-order valence-corrected chi connectivity index (χ0v) is 20.0. The molecule has 1 unspecified atom stereocenters. The van der Waals surface area contributed by atoms with Crippen molar-refractivity contribution in [2.45, 2.75) is 51.5 Å². The van der Waals surface area contributed by atoms with Crippen molar-refractivity contribution >= 4 is 18.0 Å². The van der Waals surface area contributed by atoms with Gasteiger partial charge in [-0.3, -0.25) is 14.5 Å². The first kappa shape index (κ1) is 25.2. The molecule has 0 spiro atoms. The molecule has 2 aromatic rings. The van der Waals surface area contributed by atoms with Crippen LogP contribution in [0.3, 0.4) is 0 Å². The van der Waals surface area contributed by atoms with Gasteiger partial charge < -0.3 is 20.1 Å². The highest BCUT2D eigenvalue weighted by atomic mass is 16.6. The van der Waals surface area contributed by atoms with Crippen molar-refractivity contribution < 1.29 is 23.9 Å². The summed E-state index contributed by atoms with van der Waals surface area (Å²) in [5.41, 5.74) is 1.26. The number of amides is 2. The molecular formula is C26H33N3O5. The molecule has 2 amide bonds. The highest BCUT2D eigenvalue weighted by molar-refractivity contribution is 5.80. The fourth-order valence-electron chi connectivity index (χ4n) is 3.83. The largest absolute Gasteiger partial charge is 0.460 e. The van der Waals surface area contributed by atoms with E-state index in [1.54, 1.807) is 25.7 Å². The second-order valence-corrected chi connectivity index (χ2v) is 9.37. The van der Waals surface area contributed by atoms with Crippen LogP contribution in [0.25, 0.3) is 0 Å². The van der Waals surface area contributed by atoms with Gasteiger partial charge in [0.15, 0.2) is 0 Å². The number of benzene rings is 2. The number of ether oxygens (including phenoxy) is 2. The number of nitrogens with one attached hydrogen (secondary N) is 2. The molecular weight excluding hydrogens is 434 g/mol. The van der Waals surface area contributed by atoms with Crippen LogP contribution in [-0.4, -0.2) is 60.2 Å². The van der Waals surface area contributed by atoms with Gasteiger partial charge in [-0.1, -0.05) is 60.7 Å². The second kappa shape index (κ2) is 11.7. The van der Waals surface area contributed by atoms with E-state index in [4.69, 9.17) is 9.47 Å². The van der Waals surface area contributed by atoms with Gasteiger partial charge in [0.25, 0.3) is 0 Å². The minimum atomic E-state index is -0.650. The second-order valence-electron chi connectivity index (χ2n) is 9.37. The summed E-state index contributed by atoms with van der Waals surface area (Å²) < 4.78 is 10.9. The van der Waals surface area contributed by atoms with Gasteiger partial charge in [0.2, 0.25) is 5.91 Å². The summed E-state index contributed by atoms with van der Waals surface area (Å²) in [4.78, 5) is 39.2. The monoisotopic (exact) mass is 467 g/mol. The molecule has 8 heteroatoms. The fourth-order valence-corrected chi connectivity index (χ4v) is 3.83. The number of piperazine rings is 1. The van der Waals surface area contributed by atoms with Crippen LogP contribution in [0.1, 0.15) is 31.9 Å². The van der Waals surface area contributed by atoms with E-state index in [9.17, 15) is 14.4 Å². The van der Waals surface area contributed by atoms with Crippen LogP contribution in [0.4, 0.5) is 4.79 Å². The maximum absolute atomic E-state index is 12.6. The van der Waals surface area contributed by atoms with E-state index in [2.05, 4.69) is 10.6 Å². The summed E-state index contributed by atoms with van der Waals surface area (Å²) in [6, 6.07) is 18.4. The number of carbonyl (C=O) groups is 3. The molecule has 0 aromatic heterocycles. The molecule has 0 radical (unpaired) electrons. The zero-order valence-electron chi connectivity index (χ0n) is 20.0. The van der Waals surface area contributed by atoms with Crippen molar-refractivity contribution in [3.05, 3.63) is 71.8 Å². The van der Waals surface area contributed by atoms with Crippen LogP contribution in [0.15, 0.2) is 60.7 Å². The van der Waals surface area contributed by atoms with E-state index in [0.717, 1.165) is 11.1 Å². The molecule has 1 aliphatic rings. The fraction of sp³-hybridized carbons (Fsp3) is 0.423.